The smallest absolute Gasteiger partial charge is 0.323 e. The van der Waals surface area contributed by atoms with E-state index in [1.807, 2.05) is 6.92 Å². The van der Waals surface area contributed by atoms with Crippen LogP contribution in [0.2, 0.25) is 0 Å². The summed E-state index contributed by atoms with van der Waals surface area (Å²) in [5.74, 6) is -2.24. The van der Waals surface area contributed by atoms with E-state index in [1.165, 1.54) is 20.3 Å². The summed E-state index contributed by atoms with van der Waals surface area (Å²) < 4.78 is 8.90. The number of hydrogen-bond acceptors (Lipinski definition) is 4. The minimum atomic E-state index is -0.985. The van der Waals surface area contributed by atoms with Crippen LogP contribution in [0.1, 0.15) is 6.92 Å². The first kappa shape index (κ1) is 12.4. The topological polar surface area (TPSA) is 52.6 Å². The van der Waals surface area contributed by atoms with Crippen molar-refractivity contribution in [3.8, 4) is 0 Å². The molecule has 0 saturated heterocycles. The van der Waals surface area contributed by atoms with Gasteiger partial charge in [-0.25, -0.2) is 0 Å². The lowest BCUT2D eigenvalue weighted by Gasteiger charge is -2.06. The van der Waals surface area contributed by atoms with E-state index in [9.17, 15) is 9.59 Å². The molecule has 0 aromatic carbocycles. The molecule has 0 atom stereocenters. The van der Waals surface area contributed by atoms with Crippen molar-refractivity contribution < 1.29 is 19.1 Å². The van der Waals surface area contributed by atoms with Gasteiger partial charge < -0.3 is 9.47 Å². The van der Waals surface area contributed by atoms with E-state index in [4.69, 9.17) is 0 Å². The second kappa shape index (κ2) is 6.88. The van der Waals surface area contributed by atoms with Crippen LogP contribution in [-0.4, -0.2) is 26.2 Å². The van der Waals surface area contributed by atoms with Crippen LogP contribution in [0.4, 0.5) is 0 Å². The summed E-state index contributed by atoms with van der Waals surface area (Å²) in [6, 6.07) is 0. The molecule has 0 aliphatic rings. The van der Waals surface area contributed by atoms with E-state index < -0.39 is 17.9 Å². The number of rotatable bonds is 4. The third kappa shape index (κ3) is 3.89. The number of esters is 2. The molecule has 4 nitrogen and oxygen atoms in total. The van der Waals surface area contributed by atoms with Crippen molar-refractivity contribution >= 4 is 11.9 Å². The second-order valence-electron chi connectivity index (χ2n) is 2.43. The summed E-state index contributed by atoms with van der Waals surface area (Å²) in [5, 5.41) is 0. The normalized spacial score (nSPS) is 11.1. The zero-order valence-electron chi connectivity index (χ0n) is 8.52. The summed E-state index contributed by atoms with van der Waals surface area (Å²) >= 11 is 0. The number of hydrogen-bond donors (Lipinski definition) is 0. The first-order valence-corrected chi connectivity index (χ1v) is 4.12. The highest BCUT2D eigenvalue weighted by molar-refractivity contribution is 5.96. The van der Waals surface area contributed by atoms with Crippen molar-refractivity contribution in [1.82, 2.24) is 0 Å². The Morgan fingerprint density at radius 1 is 1.07 bits per heavy atom. The van der Waals surface area contributed by atoms with Gasteiger partial charge in [0, 0.05) is 0 Å². The van der Waals surface area contributed by atoms with Gasteiger partial charge in [-0.1, -0.05) is 24.3 Å². The van der Waals surface area contributed by atoms with Crippen molar-refractivity contribution in [3.63, 3.8) is 0 Å². The molecule has 0 bridgehead atoms. The number of ether oxygens (including phenoxy) is 2. The Bertz CT molecular complexity index is 237. The molecule has 0 heterocycles. The zero-order valence-corrected chi connectivity index (χ0v) is 8.52. The highest BCUT2D eigenvalue weighted by atomic mass is 16.5. The largest absolute Gasteiger partial charge is 0.468 e. The lowest BCUT2D eigenvalue weighted by Crippen LogP contribution is -2.24. The Morgan fingerprint density at radius 2 is 1.57 bits per heavy atom. The molecular weight excluding hydrogens is 184 g/mol. The highest BCUT2D eigenvalue weighted by Crippen LogP contribution is 2.04. The lowest BCUT2D eigenvalue weighted by molar-refractivity contribution is -0.156. The van der Waals surface area contributed by atoms with Crippen LogP contribution < -0.4 is 0 Å². The van der Waals surface area contributed by atoms with Gasteiger partial charge in [0.1, 0.15) is 0 Å². The van der Waals surface area contributed by atoms with Crippen LogP contribution in [0.3, 0.4) is 0 Å². The Labute approximate surface area is 83.2 Å². The van der Waals surface area contributed by atoms with Gasteiger partial charge in [0.2, 0.25) is 0 Å². The average Bonchev–Trinajstić information content (AvgIpc) is 2.22. The van der Waals surface area contributed by atoms with Gasteiger partial charge in [-0.2, -0.15) is 0 Å². The summed E-state index contributed by atoms with van der Waals surface area (Å²) in [5.41, 5.74) is 0. The number of carbonyl (C=O) groups excluding carboxylic acids is 2. The van der Waals surface area contributed by atoms with Crippen LogP contribution >= 0.6 is 0 Å². The summed E-state index contributed by atoms with van der Waals surface area (Å²) in [4.78, 5) is 22.2. The van der Waals surface area contributed by atoms with E-state index in [0.29, 0.717) is 0 Å². The fourth-order valence-electron chi connectivity index (χ4n) is 0.794. The van der Waals surface area contributed by atoms with E-state index >= 15 is 0 Å². The first-order valence-electron chi connectivity index (χ1n) is 4.12. The Balaban J connectivity index is 4.55. The maximum absolute atomic E-state index is 11.1. The van der Waals surface area contributed by atoms with Crippen LogP contribution in [0.25, 0.3) is 0 Å². The number of allylic oxidation sites excluding steroid dienone is 3. The SMILES string of the molecule is CC=CC=CC(C(=O)OC)C(=O)OC. The molecule has 0 radical (unpaired) electrons. The van der Waals surface area contributed by atoms with Gasteiger partial charge in [-0.15, -0.1) is 0 Å². The maximum Gasteiger partial charge on any atom is 0.323 e. The third-order valence-corrected chi connectivity index (χ3v) is 1.52. The van der Waals surface area contributed by atoms with Gasteiger partial charge in [-0.3, -0.25) is 9.59 Å². The third-order valence-electron chi connectivity index (χ3n) is 1.52. The van der Waals surface area contributed by atoms with Crippen LogP contribution in [0, 0.1) is 5.92 Å². The molecule has 0 N–H and O–H groups in total. The molecule has 0 spiro atoms. The molecule has 0 aromatic heterocycles. The van der Waals surface area contributed by atoms with E-state index in [1.54, 1.807) is 18.2 Å². The van der Waals surface area contributed by atoms with Crippen LogP contribution in [-0.2, 0) is 19.1 Å². The Kier molecular flexibility index (Phi) is 6.11. The molecular formula is C10H14O4. The monoisotopic (exact) mass is 198 g/mol. The molecule has 0 fully saturated rings. The second-order valence-corrected chi connectivity index (χ2v) is 2.43. The lowest BCUT2D eigenvalue weighted by atomic mass is 10.1. The van der Waals surface area contributed by atoms with Gasteiger partial charge in [0.25, 0.3) is 0 Å². The van der Waals surface area contributed by atoms with Crippen LogP contribution in [0.15, 0.2) is 24.3 Å². The molecule has 0 rings (SSSR count). The predicted molar refractivity (Wildman–Crippen MR) is 51.5 cm³/mol. The molecule has 0 aromatic rings. The average molecular weight is 198 g/mol. The van der Waals surface area contributed by atoms with Gasteiger partial charge in [0.15, 0.2) is 5.92 Å². The molecule has 78 valence electrons. The maximum atomic E-state index is 11.1. The molecule has 0 aliphatic carbocycles. The van der Waals surface area contributed by atoms with Crippen molar-refractivity contribution in [2.75, 3.05) is 14.2 Å². The summed E-state index contributed by atoms with van der Waals surface area (Å²) in [6.07, 6.45) is 6.51. The minimum absolute atomic E-state index is 0.627. The Morgan fingerprint density at radius 3 is 1.93 bits per heavy atom. The standard InChI is InChI=1S/C10H14O4/c1-4-5-6-7-8(9(11)13-2)10(12)14-3/h4-8H,1-3H3. The molecule has 14 heavy (non-hydrogen) atoms. The fourth-order valence-corrected chi connectivity index (χ4v) is 0.794. The van der Waals surface area contributed by atoms with Crippen molar-refractivity contribution in [1.29, 1.82) is 0 Å². The van der Waals surface area contributed by atoms with Gasteiger partial charge >= 0.3 is 11.9 Å². The van der Waals surface area contributed by atoms with Gasteiger partial charge in [0.05, 0.1) is 14.2 Å². The van der Waals surface area contributed by atoms with Crippen molar-refractivity contribution in [2.45, 2.75) is 6.92 Å². The summed E-state index contributed by atoms with van der Waals surface area (Å²) in [7, 11) is 2.45. The number of methoxy groups -OCH3 is 2. The summed E-state index contributed by atoms with van der Waals surface area (Å²) in [6.45, 7) is 1.83. The highest BCUT2D eigenvalue weighted by Gasteiger charge is 2.25. The van der Waals surface area contributed by atoms with Gasteiger partial charge in [-0.05, 0) is 6.92 Å². The van der Waals surface area contributed by atoms with E-state index in [2.05, 4.69) is 9.47 Å². The quantitative estimate of drug-likeness (QED) is 0.385. The fraction of sp³-hybridized carbons (Fsp3) is 0.400. The van der Waals surface area contributed by atoms with E-state index in [-0.39, 0.29) is 0 Å². The minimum Gasteiger partial charge on any atom is -0.468 e. The van der Waals surface area contributed by atoms with E-state index in [0.717, 1.165) is 0 Å². The van der Waals surface area contributed by atoms with Crippen molar-refractivity contribution in [3.05, 3.63) is 24.3 Å². The molecule has 0 unspecified atom stereocenters. The predicted octanol–water partition coefficient (Wildman–Crippen LogP) is 1.08. The molecule has 0 aliphatic heterocycles. The molecule has 0 saturated carbocycles. The first-order chi connectivity index (χ1) is 6.67. The number of carbonyl (C=O) groups is 2. The molecule has 4 heteroatoms. The van der Waals surface area contributed by atoms with Crippen molar-refractivity contribution in [2.24, 2.45) is 5.92 Å². The molecule has 0 amide bonds. The Hall–Kier alpha value is -1.58. The zero-order chi connectivity index (χ0) is 11.0. The van der Waals surface area contributed by atoms with Crippen LogP contribution in [0.5, 0.6) is 0 Å².